The maximum atomic E-state index is 12.9. The van der Waals surface area contributed by atoms with Gasteiger partial charge in [0.25, 0.3) is 0 Å². The predicted molar refractivity (Wildman–Crippen MR) is 91.2 cm³/mol. The minimum Gasteiger partial charge on any atom is -0.310 e. The van der Waals surface area contributed by atoms with Gasteiger partial charge in [-0.05, 0) is 31.0 Å². The van der Waals surface area contributed by atoms with E-state index < -0.39 is 5.41 Å². The van der Waals surface area contributed by atoms with Crippen LogP contribution in [0.2, 0.25) is 0 Å². The van der Waals surface area contributed by atoms with E-state index in [2.05, 4.69) is 24.8 Å². The molecule has 3 rings (SSSR count). The molecule has 2 nitrogen and oxygen atoms in total. The van der Waals surface area contributed by atoms with E-state index in [4.69, 9.17) is 0 Å². The van der Waals surface area contributed by atoms with Gasteiger partial charge in [0.05, 0.1) is 5.41 Å². The summed E-state index contributed by atoms with van der Waals surface area (Å²) in [5.74, 6) is 0.295. The van der Waals surface area contributed by atoms with Gasteiger partial charge >= 0.3 is 0 Å². The monoisotopic (exact) mass is 291 g/mol. The number of fused-ring (bicyclic) bond motifs is 1. The van der Waals surface area contributed by atoms with Crippen LogP contribution in [0.3, 0.4) is 0 Å². The molecule has 1 aliphatic heterocycles. The fourth-order valence-corrected chi connectivity index (χ4v) is 3.19. The number of rotatable bonds is 4. The number of hydrogen-bond donors (Lipinski definition) is 0. The van der Waals surface area contributed by atoms with Crippen LogP contribution in [-0.4, -0.2) is 12.5 Å². The number of carbonyl (C=O) groups excluding carboxylic acids is 1. The van der Waals surface area contributed by atoms with Gasteiger partial charge < -0.3 is 4.90 Å². The van der Waals surface area contributed by atoms with E-state index in [1.165, 1.54) is 5.56 Å². The smallest absolute Gasteiger partial charge is 0.237 e. The molecule has 1 aliphatic rings. The second kappa shape index (κ2) is 5.45. The normalized spacial score (nSPS) is 17.2. The molecular formula is C20H21NO. The highest BCUT2D eigenvalue weighted by atomic mass is 16.2. The molecule has 0 aliphatic carbocycles. The van der Waals surface area contributed by atoms with Crippen molar-refractivity contribution in [2.24, 2.45) is 0 Å². The third-order valence-electron chi connectivity index (χ3n) is 4.54. The molecule has 0 fully saturated rings. The highest BCUT2D eigenvalue weighted by Crippen LogP contribution is 2.42. The van der Waals surface area contributed by atoms with E-state index in [1.807, 2.05) is 61.2 Å². The number of hydrogen-bond acceptors (Lipinski definition) is 1. The molecule has 0 radical (unpaired) electrons. The Balaban J connectivity index is 1.95. The van der Waals surface area contributed by atoms with Crippen LogP contribution in [0.25, 0.3) is 0 Å². The number of benzene rings is 2. The maximum absolute atomic E-state index is 12.9. The van der Waals surface area contributed by atoms with Crippen LogP contribution < -0.4 is 4.90 Å². The first-order chi connectivity index (χ1) is 10.6. The molecule has 0 saturated carbocycles. The van der Waals surface area contributed by atoms with Gasteiger partial charge in [-0.3, -0.25) is 4.79 Å². The molecule has 22 heavy (non-hydrogen) atoms. The fraction of sp³-hybridized carbons (Fsp3) is 0.250. The Morgan fingerprint density at radius 3 is 2.41 bits per heavy atom. The van der Waals surface area contributed by atoms with Crippen LogP contribution in [0, 0.1) is 0 Å². The van der Waals surface area contributed by atoms with Crippen LogP contribution in [0.1, 0.15) is 30.9 Å². The van der Waals surface area contributed by atoms with Crippen molar-refractivity contribution in [3.8, 4) is 0 Å². The lowest BCUT2D eigenvalue weighted by Gasteiger charge is -2.24. The molecule has 0 spiro atoms. The molecule has 2 heteroatoms. The van der Waals surface area contributed by atoms with Gasteiger partial charge in [-0.15, -0.1) is 6.58 Å². The summed E-state index contributed by atoms with van der Waals surface area (Å²) in [6.45, 7) is 8.59. The molecule has 1 atom stereocenters. The predicted octanol–water partition coefficient (Wildman–Crippen LogP) is 4.28. The van der Waals surface area contributed by atoms with Gasteiger partial charge in [0.2, 0.25) is 5.91 Å². The first-order valence-corrected chi connectivity index (χ1v) is 7.64. The second-order valence-corrected chi connectivity index (χ2v) is 6.31. The van der Waals surface area contributed by atoms with Crippen molar-refractivity contribution in [1.82, 2.24) is 0 Å². The van der Waals surface area contributed by atoms with Crippen molar-refractivity contribution in [2.45, 2.75) is 25.2 Å². The summed E-state index contributed by atoms with van der Waals surface area (Å²) in [5, 5.41) is 0. The second-order valence-electron chi connectivity index (χ2n) is 6.31. The molecule has 2 aromatic carbocycles. The molecule has 1 amide bonds. The molecule has 2 aromatic rings. The zero-order chi connectivity index (χ0) is 15.7. The highest BCUT2D eigenvalue weighted by molar-refractivity contribution is 6.07. The van der Waals surface area contributed by atoms with E-state index in [0.717, 1.165) is 11.3 Å². The summed E-state index contributed by atoms with van der Waals surface area (Å²) in [6, 6.07) is 18.3. The molecule has 0 saturated heterocycles. The quantitative estimate of drug-likeness (QED) is 0.770. The van der Waals surface area contributed by atoms with Gasteiger partial charge in [-0.2, -0.15) is 0 Å². The Kier molecular flexibility index (Phi) is 3.61. The number of nitrogens with zero attached hydrogens (tertiary/aromatic N) is 1. The van der Waals surface area contributed by atoms with Crippen molar-refractivity contribution in [1.29, 1.82) is 0 Å². The first-order valence-electron chi connectivity index (χ1n) is 7.64. The minimum atomic E-state index is -0.459. The van der Waals surface area contributed by atoms with Gasteiger partial charge in [-0.1, -0.05) is 54.6 Å². The lowest BCUT2D eigenvalue weighted by atomic mass is 9.86. The molecule has 112 valence electrons. The molecule has 0 aromatic heterocycles. The van der Waals surface area contributed by atoms with Crippen LogP contribution in [-0.2, 0) is 10.2 Å². The summed E-state index contributed by atoms with van der Waals surface area (Å²) in [7, 11) is 0. The first kappa shape index (κ1) is 14.6. The van der Waals surface area contributed by atoms with Gasteiger partial charge in [0, 0.05) is 18.2 Å². The Morgan fingerprint density at radius 2 is 1.73 bits per heavy atom. The van der Waals surface area contributed by atoms with Crippen molar-refractivity contribution in [3.63, 3.8) is 0 Å². The summed E-state index contributed by atoms with van der Waals surface area (Å²) >= 11 is 0. The lowest BCUT2D eigenvalue weighted by molar-refractivity contribution is -0.122. The number of carbonyl (C=O) groups is 1. The lowest BCUT2D eigenvalue weighted by Crippen LogP contribution is -2.38. The maximum Gasteiger partial charge on any atom is 0.237 e. The Morgan fingerprint density at radius 1 is 1.09 bits per heavy atom. The van der Waals surface area contributed by atoms with E-state index >= 15 is 0 Å². The van der Waals surface area contributed by atoms with Gasteiger partial charge in [-0.25, -0.2) is 0 Å². The third-order valence-corrected chi connectivity index (χ3v) is 4.54. The van der Waals surface area contributed by atoms with E-state index in [1.54, 1.807) is 0 Å². The van der Waals surface area contributed by atoms with E-state index in [0.29, 0.717) is 6.54 Å². The van der Waals surface area contributed by atoms with Crippen LogP contribution in [0.15, 0.2) is 67.3 Å². The average Bonchev–Trinajstić information content (AvgIpc) is 2.74. The minimum absolute atomic E-state index is 0.132. The SMILES string of the molecule is C=C[C@H](CN1C(=O)C(C)(C)c2ccccc21)c1ccccc1. The largest absolute Gasteiger partial charge is 0.310 e. The van der Waals surface area contributed by atoms with Crippen molar-refractivity contribution < 1.29 is 4.79 Å². The van der Waals surface area contributed by atoms with Crippen molar-refractivity contribution in [2.75, 3.05) is 11.4 Å². The molecule has 0 N–H and O–H groups in total. The topological polar surface area (TPSA) is 20.3 Å². The van der Waals surface area contributed by atoms with E-state index in [-0.39, 0.29) is 11.8 Å². The Labute approximate surface area is 132 Å². The highest BCUT2D eigenvalue weighted by Gasteiger charge is 2.43. The zero-order valence-electron chi connectivity index (χ0n) is 13.1. The molecule has 0 bridgehead atoms. The van der Waals surface area contributed by atoms with Gasteiger partial charge in [0.1, 0.15) is 0 Å². The number of anilines is 1. The van der Waals surface area contributed by atoms with Crippen molar-refractivity contribution in [3.05, 3.63) is 78.4 Å². The molecular weight excluding hydrogens is 270 g/mol. The summed E-state index contributed by atoms with van der Waals surface area (Å²) in [5.41, 5.74) is 2.86. The fourth-order valence-electron chi connectivity index (χ4n) is 3.19. The van der Waals surface area contributed by atoms with Gasteiger partial charge in [0.15, 0.2) is 0 Å². The number of amides is 1. The van der Waals surface area contributed by atoms with Crippen LogP contribution >= 0.6 is 0 Å². The van der Waals surface area contributed by atoms with Crippen LogP contribution in [0.5, 0.6) is 0 Å². The summed E-state index contributed by atoms with van der Waals surface area (Å²) in [6.07, 6.45) is 1.93. The summed E-state index contributed by atoms with van der Waals surface area (Å²) < 4.78 is 0. The molecule has 0 unspecified atom stereocenters. The van der Waals surface area contributed by atoms with E-state index in [9.17, 15) is 4.79 Å². The average molecular weight is 291 g/mol. The Hall–Kier alpha value is -2.35. The summed E-state index contributed by atoms with van der Waals surface area (Å²) in [4.78, 5) is 14.8. The Bertz CT molecular complexity index is 703. The third kappa shape index (κ3) is 2.25. The van der Waals surface area contributed by atoms with Crippen molar-refractivity contribution >= 4 is 11.6 Å². The standard InChI is InChI=1S/C20H21NO/c1-4-15(16-10-6-5-7-11-16)14-21-18-13-9-8-12-17(18)20(2,3)19(21)22/h4-13,15H,1,14H2,2-3H3/t15-/m1/s1. The van der Waals surface area contributed by atoms with Crippen LogP contribution in [0.4, 0.5) is 5.69 Å². The number of para-hydroxylation sites is 1. The zero-order valence-corrected chi connectivity index (χ0v) is 13.1. The molecule has 1 heterocycles.